The fourth-order valence-electron chi connectivity index (χ4n) is 2.28. The number of carboxylic acids is 2. The minimum absolute atomic E-state index is 0.105. The van der Waals surface area contributed by atoms with Crippen LogP contribution in [0.25, 0.3) is 11.3 Å². The molecule has 7 nitrogen and oxygen atoms in total. The quantitative estimate of drug-likeness (QED) is 0.888. The molecule has 1 aliphatic rings. The van der Waals surface area contributed by atoms with Gasteiger partial charge in [0.2, 0.25) is 0 Å². The van der Waals surface area contributed by atoms with E-state index in [9.17, 15) is 14.7 Å². The van der Waals surface area contributed by atoms with E-state index in [-0.39, 0.29) is 11.1 Å². The summed E-state index contributed by atoms with van der Waals surface area (Å²) in [5, 5.41) is 18.3. The maximum Gasteiger partial charge on any atom is 0.335 e. The summed E-state index contributed by atoms with van der Waals surface area (Å²) < 4.78 is 0. The van der Waals surface area contributed by atoms with Crippen LogP contribution in [0.15, 0.2) is 60.6 Å². The van der Waals surface area contributed by atoms with E-state index in [1.807, 2.05) is 0 Å². The predicted octanol–water partition coefficient (Wildman–Crippen LogP) is 2.19. The molecule has 2 aromatic rings. The van der Waals surface area contributed by atoms with Crippen molar-refractivity contribution in [2.75, 3.05) is 11.4 Å². The molecular formula is C17H13N3O4. The van der Waals surface area contributed by atoms with Crippen molar-refractivity contribution in [2.45, 2.75) is 0 Å². The van der Waals surface area contributed by atoms with Gasteiger partial charge in [0.1, 0.15) is 5.82 Å². The van der Waals surface area contributed by atoms with Crippen LogP contribution in [0.1, 0.15) is 10.4 Å². The minimum Gasteiger partial charge on any atom is -0.478 e. The molecule has 0 bridgehead atoms. The van der Waals surface area contributed by atoms with Gasteiger partial charge in [-0.2, -0.15) is 0 Å². The number of carboxylic acid groups (broad SMARTS) is 2. The Hall–Kier alpha value is -3.48. The van der Waals surface area contributed by atoms with Gasteiger partial charge in [-0.25, -0.2) is 14.6 Å². The lowest BCUT2D eigenvalue weighted by atomic mass is 10.1. The average molecular weight is 323 g/mol. The lowest BCUT2D eigenvalue weighted by Crippen LogP contribution is -2.22. The van der Waals surface area contributed by atoms with Crippen molar-refractivity contribution in [3.05, 3.63) is 66.1 Å². The molecular weight excluding hydrogens is 310 g/mol. The van der Waals surface area contributed by atoms with E-state index in [1.54, 1.807) is 41.7 Å². The summed E-state index contributed by atoms with van der Waals surface area (Å²) in [6.07, 6.45) is 7.78. The summed E-state index contributed by atoms with van der Waals surface area (Å²) in [6, 6.07) is 6.43. The molecule has 120 valence electrons. The monoisotopic (exact) mass is 323 g/mol. The van der Waals surface area contributed by atoms with Gasteiger partial charge >= 0.3 is 11.9 Å². The zero-order chi connectivity index (χ0) is 17.1. The molecule has 0 fully saturated rings. The topological polar surface area (TPSA) is 104 Å². The van der Waals surface area contributed by atoms with Crippen molar-refractivity contribution < 1.29 is 19.8 Å². The molecule has 0 atom stereocenters. The van der Waals surface area contributed by atoms with E-state index in [4.69, 9.17) is 5.11 Å². The predicted molar refractivity (Wildman–Crippen MR) is 86.6 cm³/mol. The number of aromatic carboxylic acids is 1. The Morgan fingerprint density at radius 1 is 1.08 bits per heavy atom. The largest absolute Gasteiger partial charge is 0.478 e. The number of carbonyl (C=O) groups is 2. The summed E-state index contributed by atoms with van der Waals surface area (Å²) in [6.45, 7) is 0.296. The highest BCUT2D eigenvalue weighted by molar-refractivity contribution is 5.91. The van der Waals surface area contributed by atoms with Crippen molar-refractivity contribution >= 4 is 17.8 Å². The van der Waals surface area contributed by atoms with E-state index in [2.05, 4.69) is 9.97 Å². The summed E-state index contributed by atoms with van der Waals surface area (Å²) in [7, 11) is 0. The second-order valence-corrected chi connectivity index (χ2v) is 5.07. The molecule has 7 heteroatoms. The molecule has 24 heavy (non-hydrogen) atoms. The van der Waals surface area contributed by atoms with Gasteiger partial charge in [0.05, 0.1) is 16.8 Å². The second kappa shape index (κ2) is 6.33. The summed E-state index contributed by atoms with van der Waals surface area (Å²) in [5.41, 5.74) is 1.55. The third kappa shape index (κ3) is 3.14. The zero-order valence-electron chi connectivity index (χ0n) is 12.5. The minimum atomic E-state index is -1.06. The Labute approximate surface area is 137 Å². The van der Waals surface area contributed by atoms with E-state index in [1.165, 1.54) is 18.2 Å². The number of aliphatic carboxylic acids is 1. The molecule has 0 spiro atoms. The molecule has 0 saturated carbocycles. The molecule has 2 N–H and O–H groups in total. The first-order valence-corrected chi connectivity index (χ1v) is 7.08. The number of hydrogen-bond donors (Lipinski definition) is 2. The Bertz CT molecular complexity index is 859. The third-order valence-corrected chi connectivity index (χ3v) is 3.52. The maximum atomic E-state index is 11.4. The van der Waals surface area contributed by atoms with Crippen LogP contribution in [-0.2, 0) is 4.79 Å². The first kappa shape index (κ1) is 15.4. The standard InChI is InChI=1S/C17H13N3O4/c21-16(22)12-3-7-20(8-4-12)15-10-13(17(23)24)9-14(19-15)11-1-5-18-6-2-11/h1-7,9-10H,8H2,(H,21,22)(H,23,24). The highest BCUT2D eigenvalue weighted by Gasteiger charge is 2.16. The molecule has 2 aromatic heterocycles. The lowest BCUT2D eigenvalue weighted by Gasteiger charge is -2.22. The Morgan fingerprint density at radius 2 is 1.83 bits per heavy atom. The molecule has 0 unspecified atom stereocenters. The van der Waals surface area contributed by atoms with Crippen LogP contribution in [-0.4, -0.2) is 38.7 Å². The highest BCUT2D eigenvalue weighted by atomic mass is 16.4. The summed E-state index contributed by atoms with van der Waals surface area (Å²) in [4.78, 5) is 32.4. The second-order valence-electron chi connectivity index (χ2n) is 5.07. The first-order valence-electron chi connectivity index (χ1n) is 7.08. The molecule has 0 radical (unpaired) electrons. The first-order chi connectivity index (χ1) is 11.5. The molecule has 0 aromatic carbocycles. The fourth-order valence-corrected chi connectivity index (χ4v) is 2.28. The van der Waals surface area contributed by atoms with Crippen LogP contribution >= 0.6 is 0 Å². The van der Waals surface area contributed by atoms with Gasteiger partial charge < -0.3 is 15.1 Å². The Kier molecular flexibility index (Phi) is 4.07. The zero-order valence-corrected chi connectivity index (χ0v) is 12.5. The average Bonchev–Trinajstić information content (AvgIpc) is 2.62. The number of pyridine rings is 2. The normalized spacial score (nSPS) is 13.5. The maximum absolute atomic E-state index is 11.4. The molecule has 3 rings (SSSR count). The molecule has 3 heterocycles. The Balaban J connectivity index is 2.00. The van der Waals surface area contributed by atoms with E-state index in [0.29, 0.717) is 18.1 Å². The van der Waals surface area contributed by atoms with E-state index in [0.717, 1.165) is 5.56 Å². The SMILES string of the molecule is O=C(O)C1=CCN(c2cc(C(=O)O)cc(-c3ccncc3)n2)C=C1. The van der Waals surface area contributed by atoms with Crippen molar-refractivity contribution in [1.29, 1.82) is 0 Å². The van der Waals surface area contributed by atoms with Crippen molar-refractivity contribution in [3.63, 3.8) is 0 Å². The number of rotatable bonds is 4. The highest BCUT2D eigenvalue weighted by Crippen LogP contribution is 2.24. The van der Waals surface area contributed by atoms with Crippen LogP contribution in [0.3, 0.4) is 0 Å². The van der Waals surface area contributed by atoms with Gasteiger partial charge in [0.25, 0.3) is 0 Å². The van der Waals surface area contributed by atoms with Gasteiger partial charge in [-0.3, -0.25) is 4.98 Å². The summed E-state index contributed by atoms with van der Waals surface area (Å²) >= 11 is 0. The van der Waals surface area contributed by atoms with Gasteiger partial charge in [-0.15, -0.1) is 0 Å². The molecule has 0 saturated heterocycles. The molecule has 0 aliphatic carbocycles. The van der Waals surface area contributed by atoms with Crippen molar-refractivity contribution in [1.82, 2.24) is 9.97 Å². The van der Waals surface area contributed by atoms with Crippen LogP contribution in [0, 0.1) is 0 Å². The summed E-state index contributed by atoms with van der Waals surface area (Å²) in [5.74, 6) is -1.63. The van der Waals surface area contributed by atoms with Gasteiger partial charge in [-0.1, -0.05) is 6.08 Å². The van der Waals surface area contributed by atoms with Crippen LogP contribution in [0.2, 0.25) is 0 Å². The van der Waals surface area contributed by atoms with E-state index < -0.39 is 11.9 Å². The Morgan fingerprint density at radius 3 is 2.42 bits per heavy atom. The lowest BCUT2D eigenvalue weighted by molar-refractivity contribution is -0.132. The van der Waals surface area contributed by atoms with E-state index >= 15 is 0 Å². The van der Waals surface area contributed by atoms with Crippen molar-refractivity contribution in [2.24, 2.45) is 0 Å². The van der Waals surface area contributed by atoms with Gasteiger partial charge in [-0.05, 0) is 30.3 Å². The third-order valence-electron chi connectivity index (χ3n) is 3.52. The molecule has 0 amide bonds. The fraction of sp³-hybridized carbons (Fsp3) is 0.0588. The number of aromatic nitrogens is 2. The molecule has 1 aliphatic heterocycles. The smallest absolute Gasteiger partial charge is 0.335 e. The number of anilines is 1. The number of nitrogens with zero attached hydrogens (tertiary/aromatic N) is 3. The van der Waals surface area contributed by atoms with Crippen LogP contribution in [0.5, 0.6) is 0 Å². The van der Waals surface area contributed by atoms with Crippen LogP contribution in [0.4, 0.5) is 5.82 Å². The van der Waals surface area contributed by atoms with Gasteiger partial charge in [0, 0.05) is 30.7 Å². The number of hydrogen-bond acceptors (Lipinski definition) is 5. The van der Waals surface area contributed by atoms with Crippen molar-refractivity contribution in [3.8, 4) is 11.3 Å². The van der Waals surface area contributed by atoms with Gasteiger partial charge in [0.15, 0.2) is 0 Å². The van der Waals surface area contributed by atoms with Crippen LogP contribution < -0.4 is 4.90 Å².